The summed E-state index contributed by atoms with van der Waals surface area (Å²) < 4.78 is 10.2. The molecule has 1 heterocycles. The van der Waals surface area contributed by atoms with Gasteiger partial charge in [-0.15, -0.1) is 0 Å². The predicted molar refractivity (Wildman–Crippen MR) is 43.9 cm³/mol. The summed E-state index contributed by atoms with van der Waals surface area (Å²) in [5, 5.41) is 8.88. The normalized spacial score (nSPS) is 13.0. The number of fused-ring (bicyclic) bond motifs is 1. The zero-order valence-corrected chi connectivity index (χ0v) is 6.82. The standard InChI is InChI=1S/C9H8O4/c10-3-6-1-7(4-11)9-8(2-6)12-5-13-9/h1-2,4,10H,3,5H2. The van der Waals surface area contributed by atoms with Crippen LogP contribution in [-0.2, 0) is 6.61 Å². The number of carbonyl (C=O) groups is 1. The lowest BCUT2D eigenvalue weighted by Gasteiger charge is -2.01. The van der Waals surface area contributed by atoms with Gasteiger partial charge in [0.15, 0.2) is 17.8 Å². The van der Waals surface area contributed by atoms with E-state index in [1.54, 1.807) is 12.1 Å². The number of aliphatic hydroxyl groups excluding tert-OH is 1. The van der Waals surface area contributed by atoms with Crippen LogP contribution >= 0.6 is 0 Å². The average molecular weight is 180 g/mol. The van der Waals surface area contributed by atoms with Crippen LogP contribution in [0.1, 0.15) is 15.9 Å². The summed E-state index contributed by atoms with van der Waals surface area (Å²) in [6.07, 6.45) is 0.687. The van der Waals surface area contributed by atoms with Gasteiger partial charge in [-0.2, -0.15) is 0 Å². The third-order valence-corrected chi connectivity index (χ3v) is 1.87. The maximum atomic E-state index is 10.6. The molecule has 0 amide bonds. The summed E-state index contributed by atoms with van der Waals surface area (Å²) >= 11 is 0. The second-order valence-corrected chi connectivity index (χ2v) is 2.69. The molecule has 1 aliphatic rings. The summed E-state index contributed by atoms with van der Waals surface area (Å²) in [7, 11) is 0. The fraction of sp³-hybridized carbons (Fsp3) is 0.222. The lowest BCUT2D eigenvalue weighted by atomic mass is 10.1. The topological polar surface area (TPSA) is 55.8 Å². The van der Waals surface area contributed by atoms with Gasteiger partial charge in [-0.25, -0.2) is 0 Å². The quantitative estimate of drug-likeness (QED) is 0.681. The number of aliphatic hydroxyl groups is 1. The number of aldehydes is 1. The predicted octanol–water partition coefficient (Wildman–Crippen LogP) is 0.720. The van der Waals surface area contributed by atoms with Gasteiger partial charge in [0, 0.05) is 0 Å². The van der Waals surface area contributed by atoms with Crippen LogP contribution in [0, 0.1) is 0 Å². The van der Waals surface area contributed by atoms with Crippen molar-refractivity contribution in [1.29, 1.82) is 0 Å². The molecular weight excluding hydrogens is 172 g/mol. The lowest BCUT2D eigenvalue weighted by Crippen LogP contribution is -1.94. The molecule has 0 spiro atoms. The summed E-state index contributed by atoms with van der Waals surface area (Å²) in [6, 6.07) is 3.25. The first-order valence-electron chi connectivity index (χ1n) is 3.83. The number of hydrogen-bond acceptors (Lipinski definition) is 4. The molecule has 0 aromatic heterocycles. The maximum absolute atomic E-state index is 10.6. The van der Waals surface area contributed by atoms with Crippen LogP contribution in [0.3, 0.4) is 0 Å². The summed E-state index contributed by atoms with van der Waals surface area (Å²) in [5.74, 6) is 0.987. The highest BCUT2D eigenvalue weighted by Crippen LogP contribution is 2.35. The molecule has 0 radical (unpaired) electrons. The third kappa shape index (κ3) is 1.25. The van der Waals surface area contributed by atoms with Crippen molar-refractivity contribution in [3.8, 4) is 11.5 Å². The molecule has 0 bridgehead atoms. The van der Waals surface area contributed by atoms with Gasteiger partial charge in [0.05, 0.1) is 12.2 Å². The minimum absolute atomic E-state index is 0.114. The molecule has 0 saturated carbocycles. The Morgan fingerprint density at radius 1 is 1.46 bits per heavy atom. The Labute approximate surface area is 74.7 Å². The average Bonchev–Trinajstić information content (AvgIpc) is 2.63. The van der Waals surface area contributed by atoms with E-state index in [0.717, 1.165) is 0 Å². The Morgan fingerprint density at radius 2 is 2.31 bits per heavy atom. The molecule has 13 heavy (non-hydrogen) atoms. The molecular formula is C9H8O4. The molecule has 1 aromatic rings. The number of hydrogen-bond donors (Lipinski definition) is 1. The summed E-state index contributed by atoms with van der Waals surface area (Å²) in [6.45, 7) is 0.0164. The first kappa shape index (κ1) is 8.07. The molecule has 68 valence electrons. The molecule has 0 fully saturated rings. The van der Waals surface area contributed by atoms with E-state index in [0.29, 0.717) is 28.9 Å². The molecule has 0 saturated heterocycles. The van der Waals surface area contributed by atoms with Crippen molar-refractivity contribution in [2.75, 3.05) is 6.79 Å². The first-order valence-corrected chi connectivity index (χ1v) is 3.83. The molecule has 2 rings (SSSR count). The largest absolute Gasteiger partial charge is 0.454 e. The Balaban J connectivity index is 2.55. The number of benzene rings is 1. The smallest absolute Gasteiger partial charge is 0.231 e. The maximum Gasteiger partial charge on any atom is 0.231 e. The Hall–Kier alpha value is -1.55. The second-order valence-electron chi connectivity index (χ2n) is 2.69. The monoisotopic (exact) mass is 180 g/mol. The van der Waals surface area contributed by atoms with Crippen LogP contribution < -0.4 is 9.47 Å². The zero-order chi connectivity index (χ0) is 9.26. The van der Waals surface area contributed by atoms with Crippen molar-refractivity contribution in [3.63, 3.8) is 0 Å². The number of rotatable bonds is 2. The van der Waals surface area contributed by atoms with Crippen LogP contribution in [0.2, 0.25) is 0 Å². The van der Waals surface area contributed by atoms with Crippen molar-refractivity contribution < 1.29 is 19.4 Å². The number of carbonyl (C=O) groups excluding carboxylic acids is 1. The highest BCUT2D eigenvalue weighted by Gasteiger charge is 2.18. The first-order chi connectivity index (χ1) is 6.35. The Bertz CT molecular complexity index is 346. The van der Waals surface area contributed by atoms with E-state index in [-0.39, 0.29) is 13.4 Å². The van der Waals surface area contributed by atoms with Crippen LogP contribution in [0.5, 0.6) is 11.5 Å². The van der Waals surface area contributed by atoms with Gasteiger partial charge in [-0.3, -0.25) is 4.79 Å². The van der Waals surface area contributed by atoms with Gasteiger partial charge in [0.2, 0.25) is 6.79 Å². The molecule has 4 nitrogen and oxygen atoms in total. The van der Waals surface area contributed by atoms with Crippen molar-refractivity contribution in [3.05, 3.63) is 23.3 Å². The van der Waals surface area contributed by atoms with E-state index in [1.165, 1.54) is 0 Å². The summed E-state index contributed by atoms with van der Waals surface area (Å²) in [4.78, 5) is 10.6. The number of ether oxygens (including phenoxy) is 2. The summed E-state index contributed by atoms with van der Waals surface area (Å²) in [5.41, 5.74) is 1.06. The van der Waals surface area contributed by atoms with Crippen molar-refractivity contribution in [2.24, 2.45) is 0 Å². The third-order valence-electron chi connectivity index (χ3n) is 1.87. The molecule has 4 heteroatoms. The van der Waals surface area contributed by atoms with Crippen LogP contribution in [0.4, 0.5) is 0 Å². The molecule has 1 aliphatic heterocycles. The van der Waals surface area contributed by atoms with Gasteiger partial charge >= 0.3 is 0 Å². The molecule has 0 unspecified atom stereocenters. The fourth-order valence-corrected chi connectivity index (χ4v) is 1.28. The van der Waals surface area contributed by atoms with E-state index < -0.39 is 0 Å². The highest BCUT2D eigenvalue weighted by atomic mass is 16.7. The molecule has 0 atom stereocenters. The second kappa shape index (κ2) is 3.06. The Kier molecular flexibility index (Phi) is 1.90. The van der Waals surface area contributed by atoms with Crippen molar-refractivity contribution >= 4 is 6.29 Å². The van der Waals surface area contributed by atoms with Gasteiger partial charge in [-0.1, -0.05) is 0 Å². The van der Waals surface area contributed by atoms with Gasteiger partial charge in [0.25, 0.3) is 0 Å². The fourth-order valence-electron chi connectivity index (χ4n) is 1.28. The van der Waals surface area contributed by atoms with Crippen LogP contribution in [-0.4, -0.2) is 18.2 Å². The minimum atomic E-state index is -0.114. The zero-order valence-electron chi connectivity index (χ0n) is 6.82. The minimum Gasteiger partial charge on any atom is -0.454 e. The van der Waals surface area contributed by atoms with E-state index in [2.05, 4.69) is 0 Å². The highest BCUT2D eigenvalue weighted by molar-refractivity contribution is 5.82. The van der Waals surface area contributed by atoms with Gasteiger partial charge < -0.3 is 14.6 Å². The van der Waals surface area contributed by atoms with Crippen LogP contribution in [0.25, 0.3) is 0 Å². The van der Waals surface area contributed by atoms with E-state index in [9.17, 15) is 4.79 Å². The Morgan fingerprint density at radius 3 is 3.00 bits per heavy atom. The molecule has 1 N–H and O–H groups in total. The van der Waals surface area contributed by atoms with Gasteiger partial charge in [-0.05, 0) is 17.7 Å². The molecule has 1 aromatic carbocycles. The SMILES string of the molecule is O=Cc1cc(CO)cc2c1OCO2. The van der Waals surface area contributed by atoms with E-state index in [4.69, 9.17) is 14.6 Å². The van der Waals surface area contributed by atoms with Crippen molar-refractivity contribution in [1.82, 2.24) is 0 Å². The van der Waals surface area contributed by atoms with Crippen molar-refractivity contribution in [2.45, 2.75) is 6.61 Å². The van der Waals surface area contributed by atoms with Crippen LogP contribution in [0.15, 0.2) is 12.1 Å². The van der Waals surface area contributed by atoms with Gasteiger partial charge in [0.1, 0.15) is 0 Å². The molecule has 0 aliphatic carbocycles. The van der Waals surface area contributed by atoms with E-state index in [1.807, 2.05) is 0 Å². The van der Waals surface area contributed by atoms with E-state index >= 15 is 0 Å². The lowest BCUT2D eigenvalue weighted by molar-refractivity contribution is 0.111.